The Morgan fingerprint density at radius 3 is 2.24 bits per heavy atom. The standard InChI is InChI=1S/C23H22N6O4/c1-13(30)26-16-5-7-17(8-6-16)27-23-20(28-22-15(11-24)12-25-29(22)23)14-9-18(31-2)21(33-4)19(10-14)32-3/h5-10,12,25,27H,1-4H3,(H,26,30). The SMILES string of the molecule is COc1cc(-c2nc3c(C#N)c[nH]n3c2Nc2ccc(NC(C)=O)cc2)cc(OC)c1OC. The van der Waals surface area contributed by atoms with Crippen LogP contribution in [0.15, 0.2) is 42.6 Å². The molecule has 0 saturated heterocycles. The molecule has 10 nitrogen and oxygen atoms in total. The Kier molecular flexibility index (Phi) is 5.78. The summed E-state index contributed by atoms with van der Waals surface area (Å²) >= 11 is 0. The van der Waals surface area contributed by atoms with Crippen molar-refractivity contribution in [1.82, 2.24) is 14.6 Å². The molecule has 4 rings (SSSR count). The Morgan fingerprint density at radius 1 is 1.06 bits per heavy atom. The van der Waals surface area contributed by atoms with Gasteiger partial charge in [0.05, 0.1) is 21.3 Å². The number of nitriles is 1. The first kappa shape index (κ1) is 21.6. The third kappa shape index (κ3) is 3.99. The van der Waals surface area contributed by atoms with Crippen molar-refractivity contribution in [2.24, 2.45) is 0 Å². The first-order valence-electron chi connectivity index (χ1n) is 9.94. The van der Waals surface area contributed by atoms with Gasteiger partial charge in [-0.3, -0.25) is 9.89 Å². The zero-order valence-electron chi connectivity index (χ0n) is 18.5. The highest BCUT2D eigenvalue weighted by atomic mass is 16.5. The Balaban J connectivity index is 1.84. The molecule has 2 aromatic heterocycles. The maximum absolute atomic E-state index is 11.3. The Labute approximate surface area is 189 Å². The second kappa shape index (κ2) is 8.84. The van der Waals surface area contributed by atoms with Crippen molar-refractivity contribution in [3.63, 3.8) is 0 Å². The summed E-state index contributed by atoms with van der Waals surface area (Å²) in [7, 11) is 4.63. The van der Waals surface area contributed by atoms with Gasteiger partial charge in [-0.1, -0.05) is 0 Å². The van der Waals surface area contributed by atoms with E-state index in [2.05, 4.69) is 21.8 Å². The monoisotopic (exact) mass is 446 g/mol. The molecule has 4 aromatic rings. The van der Waals surface area contributed by atoms with Gasteiger partial charge in [0.15, 0.2) is 23.0 Å². The average molecular weight is 446 g/mol. The van der Waals surface area contributed by atoms with E-state index in [1.165, 1.54) is 14.0 Å². The van der Waals surface area contributed by atoms with Crippen molar-refractivity contribution in [2.75, 3.05) is 32.0 Å². The third-order valence-electron chi connectivity index (χ3n) is 4.98. The molecule has 10 heteroatoms. The highest BCUT2D eigenvalue weighted by Crippen LogP contribution is 2.43. The van der Waals surface area contributed by atoms with Crippen molar-refractivity contribution < 1.29 is 19.0 Å². The number of rotatable bonds is 7. The number of ether oxygens (including phenoxy) is 3. The molecule has 3 N–H and O–H groups in total. The molecule has 2 heterocycles. The van der Waals surface area contributed by atoms with Crippen LogP contribution in [0.4, 0.5) is 17.2 Å². The summed E-state index contributed by atoms with van der Waals surface area (Å²) in [5, 5.41) is 18.6. The molecule has 0 aliphatic heterocycles. The molecule has 0 radical (unpaired) electrons. The Morgan fingerprint density at radius 2 is 1.70 bits per heavy atom. The van der Waals surface area contributed by atoms with Crippen molar-refractivity contribution in [1.29, 1.82) is 5.26 Å². The summed E-state index contributed by atoms with van der Waals surface area (Å²) in [6.45, 7) is 1.46. The zero-order chi connectivity index (χ0) is 23.5. The van der Waals surface area contributed by atoms with Crippen molar-refractivity contribution >= 4 is 28.7 Å². The molecule has 0 bridgehead atoms. The van der Waals surface area contributed by atoms with E-state index in [9.17, 15) is 10.1 Å². The maximum atomic E-state index is 11.3. The lowest BCUT2D eigenvalue weighted by molar-refractivity contribution is -0.114. The second-order valence-corrected chi connectivity index (χ2v) is 7.06. The van der Waals surface area contributed by atoms with Crippen LogP contribution in [0.2, 0.25) is 0 Å². The number of methoxy groups -OCH3 is 3. The fourth-order valence-electron chi connectivity index (χ4n) is 3.51. The van der Waals surface area contributed by atoms with Gasteiger partial charge < -0.3 is 24.8 Å². The number of carbonyl (C=O) groups excluding carboxylic acids is 1. The predicted octanol–water partition coefficient (Wildman–Crippen LogP) is 3.93. The van der Waals surface area contributed by atoms with E-state index in [0.717, 1.165) is 5.69 Å². The number of aromatic amines is 1. The third-order valence-corrected chi connectivity index (χ3v) is 4.98. The molecule has 2 aromatic carbocycles. The summed E-state index contributed by atoms with van der Waals surface area (Å²) in [6.07, 6.45) is 1.59. The van der Waals surface area contributed by atoms with Gasteiger partial charge in [-0.05, 0) is 36.4 Å². The molecular formula is C23H22N6O4. The lowest BCUT2D eigenvalue weighted by atomic mass is 10.1. The van der Waals surface area contributed by atoms with Crippen molar-refractivity contribution in [3.8, 4) is 34.6 Å². The smallest absolute Gasteiger partial charge is 0.221 e. The van der Waals surface area contributed by atoms with Crippen LogP contribution >= 0.6 is 0 Å². The van der Waals surface area contributed by atoms with Crippen LogP contribution in [-0.2, 0) is 4.79 Å². The minimum Gasteiger partial charge on any atom is -0.493 e. The van der Waals surface area contributed by atoms with Gasteiger partial charge in [0.2, 0.25) is 11.7 Å². The number of nitrogens with one attached hydrogen (secondary N) is 3. The Hall–Kier alpha value is -4.65. The molecule has 0 spiro atoms. The van der Waals surface area contributed by atoms with E-state index >= 15 is 0 Å². The predicted molar refractivity (Wildman–Crippen MR) is 123 cm³/mol. The maximum Gasteiger partial charge on any atom is 0.221 e. The van der Waals surface area contributed by atoms with E-state index < -0.39 is 0 Å². The summed E-state index contributed by atoms with van der Waals surface area (Å²) in [4.78, 5) is 16.0. The van der Waals surface area contributed by atoms with Gasteiger partial charge in [0.1, 0.15) is 17.3 Å². The van der Waals surface area contributed by atoms with Gasteiger partial charge in [0, 0.05) is 30.1 Å². The molecule has 0 atom stereocenters. The van der Waals surface area contributed by atoms with E-state index in [-0.39, 0.29) is 5.91 Å². The lowest BCUT2D eigenvalue weighted by Crippen LogP contribution is -2.05. The highest BCUT2D eigenvalue weighted by molar-refractivity contribution is 5.89. The van der Waals surface area contributed by atoms with E-state index in [0.29, 0.717) is 51.2 Å². The number of H-pyrrole nitrogens is 1. The van der Waals surface area contributed by atoms with Crippen molar-refractivity contribution in [2.45, 2.75) is 6.92 Å². The van der Waals surface area contributed by atoms with Crippen LogP contribution < -0.4 is 24.8 Å². The van der Waals surface area contributed by atoms with E-state index in [1.54, 1.807) is 49.2 Å². The highest BCUT2D eigenvalue weighted by Gasteiger charge is 2.22. The average Bonchev–Trinajstić information content (AvgIpc) is 3.38. The number of benzene rings is 2. The van der Waals surface area contributed by atoms with Crippen LogP contribution in [0.5, 0.6) is 17.2 Å². The van der Waals surface area contributed by atoms with Gasteiger partial charge >= 0.3 is 0 Å². The summed E-state index contributed by atoms with van der Waals surface area (Å²) in [5.41, 5.74) is 3.58. The minimum atomic E-state index is -0.145. The zero-order valence-corrected chi connectivity index (χ0v) is 18.5. The number of imidazole rings is 1. The number of hydrogen-bond donors (Lipinski definition) is 3. The molecule has 1 amide bonds. The van der Waals surface area contributed by atoms with E-state index in [4.69, 9.17) is 19.2 Å². The summed E-state index contributed by atoms with van der Waals surface area (Å²) in [6, 6.07) is 13.0. The number of anilines is 3. The number of hydrogen-bond acceptors (Lipinski definition) is 7. The molecule has 0 fully saturated rings. The number of amides is 1. The molecular weight excluding hydrogens is 424 g/mol. The number of carbonyl (C=O) groups is 1. The van der Waals surface area contributed by atoms with Gasteiger partial charge in [-0.15, -0.1) is 0 Å². The number of aromatic nitrogens is 3. The summed E-state index contributed by atoms with van der Waals surface area (Å²) in [5.74, 6) is 1.89. The normalized spacial score (nSPS) is 10.5. The summed E-state index contributed by atoms with van der Waals surface area (Å²) < 4.78 is 18.1. The van der Waals surface area contributed by atoms with Crippen LogP contribution in [0.1, 0.15) is 12.5 Å². The molecule has 168 valence electrons. The van der Waals surface area contributed by atoms with Crippen LogP contribution in [0.25, 0.3) is 16.9 Å². The fraction of sp³-hybridized carbons (Fsp3) is 0.174. The second-order valence-electron chi connectivity index (χ2n) is 7.06. The largest absolute Gasteiger partial charge is 0.493 e. The van der Waals surface area contributed by atoms with E-state index in [1.807, 2.05) is 12.1 Å². The first-order chi connectivity index (χ1) is 16.0. The topological polar surface area (TPSA) is 126 Å². The lowest BCUT2D eigenvalue weighted by Gasteiger charge is -2.14. The molecule has 0 unspecified atom stereocenters. The molecule has 0 aliphatic carbocycles. The van der Waals surface area contributed by atoms with Crippen LogP contribution in [-0.4, -0.2) is 41.8 Å². The number of nitrogens with zero attached hydrogens (tertiary/aromatic N) is 3. The molecule has 0 aliphatic rings. The quantitative estimate of drug-likeness (QED) is 0.393. The molecule has 33 heavy (non-hydrogen) atoms. The van der Waals surface area contributed by atoms with Gasteiger partial charge in [-0.2, -0.15) is 5.26 Å². The Bertz CT molecular complexity index is 1340. The minimum absolute atomic E-state index is 0.145. The molecule has 0 saturated carbocycles. The van der Waals surface area contributed by atoms with Gasteiger partial charge in [0.25, 0.3) is 0 Å². The van der Waals surface area contributed by atoms with Crippen LogP contribution in [0.3, 0.4) is 0 Å². The van der Waals surface area contributed by atoms with Crippen LogP contribution in [0, 0.1) is 11.3 Å². The fourth-order valence-corrected chi connectivity index (χ4v) is 3.51. The number of fused-ring (bicyclic) bond motifs is 1. The van der Waals surface area contributed by atoms with Gasteiger partial charge in [-0.25, -0.2) is 9.50 Å². The van der Waals surface area contributed by atoms with Crippen molar-refractivity contribution in [3.05, 3.63) is 48.2 Å². The first-order valence-corrected chi connectivity index (χ1v) is 9.94.